The Balaban J connectivity index is 1.64. The van der Waals surface area contributed by atoms with Gasteiger partial charge < -0.3 is 19.9 Å². The van der Waals surface area contributed by atoms with Gasteiger partial charge in [0.15, 0.2) is 6.61 Å². The standard InChI is InChI=1S/C21H19NO5S/c1-26-15-9-10-16(17(23)12-15)21(25)27-13-19(24)22-20(18-8-5-11-28-18)14-6-3-2-4-7-14/h2-12,20,23H,13H2,1H3,(H,22,24)/t20-/m1/s1. The Kier molecular flexibility index (Phi) is 6.29. The van der Waals surface area contributed by atoms with Crippen LogP contribution < -0.4 is 10.1 Å². The van der Waals surface area contributed by atoms with Gasteiger partial charge in [0.05, 0.1) is 13.2 Å². The molecule has 3 aromatic rings. The predicted molar refractivity (Wildman–Crippen MR) is 106 cm³/mol. The second-order valence-corrected chi connectivity index (χ2v) is 6.87. The summed E-state index contributed by atoms with van der Waals surface area (Å²) in [5.41, 5.74) is 0.892. The summed E-state index contributed by atoms with van der Waals surface area (Å²) in [5.74, 6) is -1.09. The zero-order valence-electron chi connectivity index (χ0n) is 15.1. The molecule has 0 aliphatic heterocycles. The second-order valence-electron chi connectivity index (χ2n) is 5.89. The van der Waals surface area contributed by atoms with E-state index in [4.69, 9.17) is 9.47 Å². The van der Waals surface area contributed by atoms with Crippen LogP contribution in [0.4, 0.5) is 0 Å². The molecule has 6 nitrogen and oxygen atoms in total. The van der Waals surface area contributed by atoms with E-state index in [9.17, 15) is 14.7 Å². The van der Waals surface area contributed by atoms with E-state index in [0.717, 1.165) is 10.4 Å². The highest BCUT2D eigenvalue weighted by Crippen LogP contribution is 2.26. The summed E-state index contributed by atoms with van der Waals surface area (Å²) in [5, 5.41) is 14.7. The summed E-state index contributed by atoms with van der Waals surface area (Å²) >= 11 is 1.53. The molecule has 1 heterocycles. The smallest absolute Gasteiger partial charge is 0.342 e. The highest BCUT2D eigenvalue weighted by atomic mass is 32.1. The van der Waals surface area contributed by atoms with Gasteiger partial charge in [-0.2, -0.15) is 0 Å². The number of hydrogen-bond acceptors (Lipinski definition) is 6. The molecule has 0 saturated carbocycles. The summed E-state index contributed by atoms with van der Waals surface area (Å²) in [4.78, 5) is 25.5. The number of hydrogen-bond donors (Lipinski definition) is 2. The molecule has 0 radical (unpaired) electrons. The van der Waals surface area contributed by atoms with Crippen molar-refractivity contribution in [1.82, 2.24) is 5.32 Å². The number of thiophene rings is 1. The molecular weight excluding hydrogens is 378 g/mol. The first-order valence-electron chi connectivity index (χ1n) is 8.50. The van der Waals surface area contributed by atoms with Crippen LogP contribution in [-0.2, 0) is 9.53 Å². The van der Waals surface area contributed by atoms with E-state index in [1.54, 1.807) is 0 Å². The Morgan fingerprint density at radius 1 is 1.11 bits per heavy atom. The molecule has 1 amide bonds. The fourth-order valence-corrected chi connectivity index (χ4v) is 3.44. The van der Waals surface area contributed by atoms with Crippen molar-refractivity contribution in [3.8, 4) is 11.5 Å². The van der Waals surface area contributed by atoms with Crippen LogP contribution in [0.2, 0.25) is 0 Å². The molecule has 2 aromatic carbocycles. The Morgan fingerprint density at radius 3 is 2.54 bits per heavy atom. The first-order valence-corrected chi connectivity index (χ1v) is 9.38. The van der Waals surface area contributed by atoms with Crippen LogP contribution in [0.3, 0.4) is 0 Å². The van der Waals surface area contributed by atoms with Gasteiger partial charge in [0.2, 0.25) is 0 Å². The number of nitrogens with one attached hydrogen (secondary N) is 1. The number of carbonyl (C=O) groups is 2. The molecule has 0 bridgehead atoms. The minimum atomic E-state index is -0.789. The maximum Gasteiger partial charge on any atom is 0.342 e. The topological polar surface area (TPSA) is 84.9 Å². The van der Waals surface area contributed by atoms with Crippen LogP contribution in [0.5, 0.6) is 11.5 Å². The average molecular weight is 397 g/mol. The van der Waals surface area contributed by atoms with E-state index in [2.05, 4.69) is 5.32 Å². The van der Waals surface area contributed by atoms with Crippen molar-refractivity contribution in [3.05, 3.63) is 82.0 Å². The van der Waals surface area contributed by atoms with E-state index >= 15 is 0 Å². The molecule has 0 fully saturated rings. The summed E-state index contributed by atoms with van der Waals surface area (Å²) in [6, 6.07) is 17.3. The first-order chi connectivity index (χ1) is 13.6. The highest BCUT2D eigenvalue weighted by Gasteiger charge is 2.20. The van der Waals surface area contributed by atoms with Crippen molar-refractivity contribution in [2.24, 2.45) is 0 Å². The van der Waals surface area contributed by atoms with E-state index in [-0.39, 0.29) is 17.4 Å². The van der Waals surface area contributed by atoms with Crippen molar-refractivity contribution in [2.45, 2.75) is 6.04 Å². The minimum absolute atomic E-state index is 0.0357. The number of methoxy groups -OCH3 is 1. The molecule has 0 spiro atoms. The number of benzene rings is 2. The van der Waals surface area contributed by atoms with Crippen molar-refractivity contribution in [3.63, 3.8) is 0 Å². The summed E-state index contributed by atoms with van der Waals surface area (Å²) in [6.45, 7) is -0.459. The fraction of sp³-hybridized carbons (Fsp3) is 0.143. The summed E-state index contributed by atoms with van der Waals surface area (Å²) in [7, 11) is 1.45. The van der Waals surface area contributed by atoms with Gasteiger partial charge in [0.25, 0.3) is 5.91 Å². The van der Waals surface area contributed by atoms with Crippen LogP contribution >= 0.6 is 11.3 Å². The molecule has 0 aliphatic rings. The van der Waals surface area contributed by atoms with Crippen LogP contribution in [0.25, 0.3) is 0 Å². The van der Waals surface area contributed by atoms with Crippen molar-refractivity contribution < 1.29 is 24.2 Å². The largest absolute Gasteiger partial charge is 0.507 e. The molecule has 0 aliphatic carbocycles. The van der Waals surface area contributed by atoms with Gasteiger partial charge in [-0.1, -0.05) is 36.4 Å². The SMILES string of the molecule is COc1ccc(C(=O)OCC(=O)N[C@H](c2ccccc2)c2cccs2)c(O)c1. The third-order valence-electron chi connectivity index (χ3n) is 4.03. The van der Waals surface area contributed by atoms with Crippen molar-refractivity contribution >= 4 is 23.2 Å². The normalized spacial score (nSPS) is 11.5. The van der Waals surface area contributed by atoms with Crippen LogP contribution in [0.1, 0.15) is 26.8 Å². The first kappa shape index (κ1) is 19.4. The molecule has 144 valence electrons. The Labute approximate surface area is 166 Å². The highest BCUT2D eigenvalue weighted by molar-refractivity contribution is 7.10. The monoisotopic (exact) mass is 397 g/mol. The fourth-order valence-electron chi connectivity index (χ4n) is 2.64. The molecule has 1 atom stereocenters. The molecule has 0 saturated heterocycles. The molecular formula is C21H19NO5S. The van der Waals surface area contributed by atoms with E-state index in [0.29, 0.717) is 5.75 Å². The minimum Gasteiger partial charge on any atom is -0.507 e. The molecule has 1 aromatic heterocycles. The van der Waals surface area contributed by atoms with Crippen LogP contribution in [0.15, 0.2) is 66.0 Å². The van der Waals surface area contributed by atoms with Gasteiger partial charge in [-0.15, -0.1) is 11.3 Å². The van der Waals surface area contributed by atoms with Crippen molar-refractivity contribution in [2.75, 3.05) is 13.7 Å². The van der Waals surface area contributed by atoms with Gasteiger partial charge in [-0.05, 0) is 29.1 Å². The Morgan fingerprint density at radius 2 is 1.89 bits per heavy atom. The average Bonchev–Trinajstić information content (AvgIpc) is 3.25. The van der Waals surface area contributed by atoms with Gasteiger partial charge in [0.1, 0.15) is 17.1 Å². The second kappa shape index (κ2) is 9.05. The lowest BCUT2D eigenvalue weighted by Crippen LogP contribution is -2.32. The zero-order valence-corrected chi connectivity index (χ0v) is 15.9. The molecule has 7 heteroatoms. The van der Waals surface area contributed by atoms with Gasteiger partial charge in [0, 0.05) is 10.9 Å². The lowest BCUT2D eigenvalue weighted by Gasteiger charge is -2.18. The Hall–Kier alpha value is -3.32. The lowest BCUT2D eigenvalue weighted by atomic mass is 10.1. The summed E-state index contributed by atoms with van der Waals surface area (Å²) < 4.78 is 10.0. The van der Waals surface area contributed by atoms with E-state index < -0.39 is 18.5 Å². The number of phenolic OH excluding ortho intramolecular Hbond substituents is 1. The van der Waals surface area contributed by atoms with Crippen LogP contribution in [-0.4, -0.2) is 30.7 Å². The number of esters is 1. The molecule has 28 heavy (non-hydrogen) atoms. The molecule has 2 N–H and O–H groups in total. The maximum atomic E-state index is 12.4. The zero-order chi connectivity index (χ0) is 19.9. The number of aromatic hydroxyl groups is 1. The number of ether oxygens (including phenoxy) is 2. The third-order valence-corrected chi connectivity index (χ3v) is 4.96. The lowest BCUT2D eigenvalue weighted by molar-refractivity contribution is -0.124. The van der Waals surface area contributed by atoms with E-state index in [1.807, 2.05) is 47.8 Å². The third kappa shape index (κ3) is 4.69. The number of carbonyl (C=O) groups excluding carboxylic acids is 2. The number of amides is 1. The van der Waals surface area contributed by atoms with Crippen LogP contribution in [0, 0.1) is 0 Å². The molecule has 3 rings (SSSR count). The van der Waals surface area contributed by atoms with Gasteiger partial charge in [-0.3, -0.25) is 4.79 Å². The maximum absolute atomic E-state index is 12.4. The number of phenols is 1. The van der Waals surface area contributed by atoms with Crippen molar-refractivity contribution in [1.29, 1.82) is 0 Å². The van der Waals surface area contributed by atoms with Gasteiger partial charge in [-0.25, -0.2) is 4.79 Å². The molecule has 0 unspecified atom stereocenters. The predicted octanol–water partition coefficient (Wildman–Crippen LogP) is 3.52. The Bertz CT molecular complexity index is 941. The summed E-state index contributed by atoms with van der Waals surface area (Å²) in [6.07, 6.45) is 0. The number of rotatable bonds is 7. The van der Waals surface area contributed by atoms with E-state index in [1.165, 1.54) is 36.6 Å². The quantitative estimate of drug-likeness (QED) is 0.596. The van der Waals surface area contributed by atoms with Gasteiger partial charge >= 0.3 is 5.97 Å².